The molecule has 0 aliphatic carbocycles. The van der Waals surface area contributed by atoms with Crippen molar-refractivity contribution in [2.75, 3.05) is 39.3 Å². The highest BCUT2D eigenvalue weighted by atomic mass is 32.1. The maximum atomic E-state index is 12.7. The van der Waals surface area contributed by atoms with Crippen LogP contribution in [0.2, 0.25) is 0 Å². The molecule has 0 saturated carbocycles. The number of phenols is 1. The Morgan fingerprint density at radius 2 is 1.93 bits per heavy atom. The van der Waals surface area contributed by atoms with Gasteiger partial charge in [0.1, 0.15) is 11.5 Å². The van der Waals surface area contributed by atoms with E-state index in [1.807, 2.05) is 17.5 Å². The van der Waals surface area contributed by atoms with Crippen LogP contribution < -0.4 is 4.74 Å². The Balaban J connectivity index is 1.54. The molecular weight excluding hydrogens is 364 g/mol. The molecule has 2 aliphatic heterocycles. The molecule has 142 valence electrons. The number of ether oxygens (including phenoxy) is 1. The molecule has 4 rings (SSSR count). The van der Waals surface area contributed by atoms with Crippen molar-refractivity contribution >= 4 is 23.2 Å². The third-order valence-electron chi connectivity index (χ3n) is 5.00. The molecular formula is C20H22N2O4S. The number of fused-ring (bicyclic) bond motifs is 1. The van der Waals surface area contributed by atoms with Gasteiger partial charge >= 0.3 is 0 Å². The van der Waals surface area contributed by atoms with Crippen molar-refractivity contribution in [2.45, 2.75) is 6.54 Å². The van der Waals surface area contributed by atoms with Crippen LogP contribution >= 0.6 is 11.3 Å². The number of piperazine rings is 1. The molecule has 1 saturated heterocycles. The second-order valence-electron chi connectivity index (χ2n) is 6.74. The number of thiophene rings is 1. The second-order valence-corrected chi connectivity index (χ2v) is 7.72. The zero-order chi connectivity index (χ0) is 18.8. The number of aliphatic hydroxyl groups excluding tert-OH is 1. The fraction of sp³-hybridized carbons (Fsp3) is 0.350. The molecule has 0 amide bonds. The molecule has 7 heteroatoms. The second kappa shape index (κ2) is 7.82. The normalized spacial score (nSPS) is 19.4. The molecule has 6 nitrogen and oxygen atoms in total. The van der Waals surface area contributed by atoms with Gasteiger partial charge in [-0.15, -0.1) is 11.3 Å². The number of rotatable bonds is 5. The van der Waals surface area contributed by atoms with Gasteiger partial charge in [-0.2, -0.15) is 0 Å². The largest absolute Gasteiger partial charge is 0.507 e. The molecule has 3 heterocycles. The van der Waals surface area contributed by atoms with Crippen LogP contribution in [0, 0.1) is 0 Å². The summed E-state index contributed by atoms with van der Waals surface area (Å²) in [6, 6.07) is 7.06. The number of aliphatic hydroxyl groups is 1. The summed E-state index contributed by atoms with van der Waals surface area (Å²) in [6.07, 6.45) is 1.75. The number of β-amino-alcohol motifs (C(OH)–C–C–N with tert-alkyl or cyclic N) is 1. The highest BCUT2D eigenvalue weighted by molar-refractivity contribution is 7.10. The van der Waals surface area contributed by atoms with E-state index in [1.54, 1.807) is 29.5 Å². The van der Waals surface area contributed by atoms with Gasteiger partial charge in [-0.1, -0.05) is 6.07 Å². The van der Waals surface area contributed by atoms with Gasteiger partial charge in [-0.05, 0) is 23.6 Å². The van der Waals surface area contributed by atoms with Crippen LogP contribution in [0.1, 0.15) is 20.8 Å². The summed E-state index contributed by atoms with van der Waals surface area (Å²) in [4.78, 5) is 18.1. The summed E-state index contributed by atoms with van der Waals surface area (Å²) in [5.41, 5.74) is 1.16. The van der Waals surface area contributed by atoms with Gasteiger partial charge in [0.15, 0.2) is 5.76 Å². The third kappa shape index (κ3) is 3.77. The summed E-state index contributed by atoms with van der Waals surface area (Å²) < 4.78 is 5.89. The van der Waals surface area contributed by atoms with Crippen LogP contribution in [-0.4, -0.2) is 65.1 Å². The first-order chi connectivity index (χ1) is 13.2. The zero-order valence-electron chi connectivity index (χ0n) is 14.9. The van der Waals surface area contributed by atoms with E-state index in [1.165, 1.54) is 0 Å². The molecule has 1 fully saturated rings. The molecule has 0 atom stereocenters. The minimum Gasteiger partial charge on any atom is -0.507 e. The molecule has 1 aromatic heterocycles. The van der Waals surface area contributed by atoms with Crippen molar-refractivity contribution in [3.8, 4) is 11.5 Å². The predicted octanol–water partition coefficient (Wildman–Crippen LogP) is 2.18. The lowest BCUT2D eigenvalue weighted by atomic mass is 10.0. The molecule has 0 radical (unpaired) electrons. The first-order valence-corrected chi connectivity index (χ1v) is 9.92. The van der Waals surface area contributed by atoms with Gasteiger partial charge in [0.25, 0.3) is 0 Å². The minimum absolute atomic E-state index is 0.146. The number of ketones is 1. The highest BCUT2D eigenvalue weighted by Crippen LogP contribution is 2.40. The van der Waals surface area contributed by atoms with Crippen LogP contribution in [0.15, 0.2) is 35.4 Å². The predicted molar refractivity (Wildman–Crippen MR) is 104 cm³/mol. The average molecular weight is 386 g/mol. The molecule has 1 aromatic carbocycles. The lowest BCUT2D eigenvalue weighted by molar-refractivity contribution is 0.101. The van der Waals surface area contributed by atoms with E-state index in [0.717, 1.165) is 31.1 Å². The topological polar surface area (TPSA) is 73.2 Å². The molecule has 0 bridgehead atoms. The standard InChI is InChI=1S/C20H22N2O4S/c23-10-9-21-5-7-22(8-6-21)13-16-17(24)4-3-15-19(25)18(26-20(15)16)12-14-2-1-11-27-14/h1-4,11-12,23-24H,5-10,13H2/b18-12+. The quantitative estimate of drug-likeness (QED) is 0.768. The summed E-state index contributed by atoms with van der Waals surface area (Å²) in [5, 5.41) is 21.4. The molecule has 2 aliphatic rings. The first-order valence-electron chi connectivity index (χ1n) is 9.04. The number of Topliss-reactive ketones (excluding diaryl/α,β-unsaturated/α-hetero) is 1. The Morgan fingerprint density at radius 1 is 1.15 bits per heavy atom. The van der Waals surface area contributed by atoms with Crippen molar-refractivity contribution in [3.63, 3.8) is 0 Å². The first kappa shape index (κ1) is 18.2. The summed E-state index contributed by atoms with van der Waals surface area (Å²) in [5.74, 6) is 0.775. The zero-order valence-corrected chi connectivity index (χ0v) is 15.7. The summed E-state index contributed by atoms with van der Waals surface area (Å²) >= 11 is 1.54. The van der Waals surface area contributed by atoms with Gasteiger partial charge in [-0.3, -0.25) is 14.6 Å². The van der Waals surface area contributed by atoms with E-state index < -0.39 is 0 Å². The Hall–Kier alpha value is -2.19. The van der Waals surface area contributed by atoms with Gasteiger partial charge in [-0.25, -0.2) is 0 Å². The molecule has 2 aromatic rings. The lowest BCUT2D eigenvalue weighted by Crippen LogP contribution is -2.46. The molecule has 0 unspecified atom stereocenters. The number of aromatic hydroxyl groups is 1. The van der Waals surface area contributed by atoms with Crippen LogP contribution in [0.5, 0.6) is 11.5 Å². The van der Waals surface area contributed by atoms with Crippen molar-refractivity contribution in [1.82, 2.24) is 9.80 Å². The Bertz CT molecular complexity index is 855. The SMILES string of the molecule is O=C1/C(=C\c2cccs2)Oc2c1ccc(O)c2CN1CCN(CCO)CC1. The van der Waals surface area contributed by atoms with Crippen molar-refractivity contribution in [2.24, 2.45) is 0 Å². The maximum absolute atomic E-state index is 12.7. The van der Waals surface area contributed by atoms with Gasteiger partial charge in [0.05, 0.1) is 17.7 Å². The van der Waals surface area contributed by atoms with E-state index in [-0.39, 0.29) is 18.1 Å². The number of carbonyl (C=O) groups is 1. The minimum atomic E-state index is -0.146. The number of nitrogens with zero attached hydrogens (tertiary/aromatic N) is 2. The number of carbonyl (C=O) groups excluding carboxylic acids is 1. The van der Waals surface area contributed by atoms with Crippen LogP contribution in [0.25, 0.3) is 6.08 Å². The smallest absolute Gasteiger partial charge is 0.232 e. The third-order valence-corrected chi connectivity index (χ3v) is 5.81. The van der Waals surface area contributed by atoms with E-state index in [4.69, 9.17) is 9.84 Å². The van der Waals surface area contributed by atoms with E-state index in [0.29, 0.717) is 35.7 Å². The monoisotopic (exact) mass is 386 g/mol. The molecule has 0 spiro atoms. The fourth-order valence-electron chi connectivity index (χ4n) is 3.49. The van der Waals surface area contributed by atoms with Crippen molar-refractivity contribution in [3.05, 3.63) is 51.4 Å². The van der Waals surface area contributed by atoms with Crippen LogP contribution in [0.4, 0.5) is 0 Å². The van der Waals surface area contributed by atoms with Crippen molar-refractivity contribution in [1.29, 1.82) is 0 Å². The Labute approximate surface area is 161 Å². The highest BCUT2D eigenvalue weighted by Gasteiger charge is 2.32. The summed E-state index contributed by atoms with van der Waals surface area (Å²) in [7, 11) is 0. The number of hydrogen-bond donors (Lipinski definition) is 2. The lowest BCUT2D eigenvalue weighted by Gasteiger charge is -2.34. The fourth-order valence-corrected chi connectivity index (χ4v) is 4.13. The maximum Gasteiger partial charge on any atom is 0.232 e. The number of phenolic OH excluding ortho intramolecular Hbond substituents is 1. The van der Waals surface area contributed by atoms with Gasteiger partial charge < -0.3 is 14.9 Å². The molecule has 2 N–H and O–H groups in total. The van der Waals surface area contributed by atoms with Crippen molar-refractivity contribution < 1.29 is 19.7 Å². The molecule has 27 heavy (non-hydrogen) atoms. The van der Waals surface area contributed by atoms with Gasteiger partial charge in [0.2, 0.25) is 5.78 Å². The number of allylic oxidation sites excluding steroid dienone is 1. The van der Waals surface area contributed by atoms with E-state index in [2.05, 4.69) is 9.80 Å². The van der Waals surface area contributed by atoms with Crippen LogP contribution in [-0.2, 0) is 6.54 Å². The number of benzene rings is 1. The Kier molecular flexibility index (Phi) is 5.27. The van der Waals surface area contributed by atoms with E-state index in [9.17, 15) is 9.90 Å². The Morgan fingerprint density at radius 3 is 2.63 bits per heavy atom. The van der Waals surface area contributed by atoms with Crippen LogP contribution in [0.3, 0.4) is 0 Å². The summed E-state index contributed by atoms with van der Waals surface area (Å²) in [6.45, 7) is 4.82. The number of hydrogen-bond acceptors (Lipinski definition) is 7. The average Bonchev–Trinajstić information content (AvgIpc) is 3.28. The van der Waals surface area contributed by atoms with Gasteiger partial charge in [0, 0.05) is 50.2 Å². The van der Waals surface area contributed by atoms with E-state index >= 15 is 0 Å².